The van der Waals surface area contributed by atoms with E-state index in [2.05, 4.69) is 0 Å². The molecule has 1 N–H and O–H groups in total. The average molecular weight is 364 g/mol. The zero-order valence-corrected chi connectivity index (χ0v) is 14.5. The maximum Gasteiger partial charge on any atom is 0.318 e. The number of carboxylic acid groups (broad SMARTS) is 1. The van der Waals surface area contributed by atoms with Crippen molar-refractivity contribution in [3.8, 4) is 0 Å². The highest BCUT2D eigenvalue weighted by atomic mass is 32.2. The van der Waals surface area contributed by atoms with Gasteiger partial charge in [0.1, 0.15) is 6.54 Å². The van der Waals surface area contributed by atoms with Crippen LogP contribution in [0, 0.1) is 5.92 Å². The van der Waals surface area contributed by atoms with Crippen LogP contribution in [0.1, 0.15) is 12.8 Å². The Morgan fingerprint density at radius 1 is 1.33 bits per heavy atom. The summed E-state index contributed by atoms with van der Waals surface area (Å²) in [6.07, 6.45) is 2.06. The minimum atomic E-state index is -3.67. The highest BCUT2D eigenvalue weighted by Crippen LogP contribution is 2.19. The number of sulfonamides is 1. The van der Waals surface area contributed by atoms with Gasteiger partial charge in [-0.25, -0.2) is 8.42 Å². The van der Waals surface area contributed by atoms with Gasteiger partial charge in [0, 0.05) is 26.2 Å². The van der Waals surface area contributed by atoms with Gasteiger partial charge in [0.15, 0.2) is 0 Å². The first kappa shape index (κ1) is 19.1. The van der Waals surface area contributed by atoms with Crippen LogP contribution in [-0.2, 0) is 29.1 Å². The summed E-state index contributed by atoms with van der Waals surface area (Å²) in [6, 6.07) is 0. The van der Waals surface area contributed by atoms with Crippen LogP contribution >= 0.6 is 0 Å². The Labute approximate surface area is 141 Å². The molecule has 2 heterocycles. The number of carboxylic acids is 1. The van der Waals surface area contributed by atoms with E-state index >= 15 is 0 Å². The first-order chi connectivity index (χ1) is 11.3. The first-order valence-corrected chi connectivity index (χ1v) is 9.77. The lowest BCUT2D eigenvalue weighted by Gasteiger charge is -2.37. The summed E-state index contributed by atoms with van der Waals surface area (Å²) >= 11 is 0. The lowest BCUT2D eigenvalue weighted by molar-refractivity contribution is -0.148. The molecule has 9 nitrogen and oxygen atoms in total. The van der Waals surface area contributed by atoms with Gasteiger partial charge in [-0.1, -0.05) is 0 Å². The molecule has 24 heavy (non-hydrogen) atoms. The van der Waals surface area contributed by atoms with E-state index in [1.165, 1.54) is 0 Å². The molecule has 0 unspecified atom stereocenters. The number of ether oxygens (including phenoxy) is 2. The lowest BCUT2D eigenvalue weighted by atomic mass is 10.0. The van der Waals surface area contributed by atoms with E-state index in [4.69, 9.17) is 14.6 Å². The Kier molecular flexibility index (Phi) is 6.55. The summed E-state index contributed by atoms with van der Waals surface area (Å²) in [7, 11) is -3.67. The first-order valence-electron chi connectivity index (χ1n) is 7.92. The van der Waals surface area contributed by atoms with Crippen molar-refractivity contribution in [2.75, 3.05) is 52.3 Å². The molecule has 1 amide bonds. The van der Waals surface area contributed by atoms with Crippen LogP contribution in [0.2, 0.25) is 0 Å². The fourth-order valence-corrected chi connectivity index (χ4v) is 3.70. The van der Waals surface area contributed by atoms with E-state index in [0.717, 1.165) is 23.4 Å². The van der Waals surface area contributed by atoms with Gasteiger partial charge in [-0.15, -0.1) is 0 Å². The van der Waals surface area contributed by atoms with E-state index in [9.17, 15) is 18.0 Å². The number of hydrogen-bond acceptors (Lipinski definition) is 6. The summed E-state index contributed by atoms with van der Waals surface area (Å²) in [4.78, 5) is 25.0. The van der Waals surface area contributed by atoms with Crippen LogP contribution in [0.4, 0.5) is 0 Å². The smallest absolute Gasteiger partial charge is 0.318 e. The molecule has 10 heteroatoms. The van der Waals surface area contributed by atoms with Gasteiger partial charge >= 0.3 is 5.97 Å². The summed E-state index contributed by atoms with van der Waals surface area (Å²) < 4.78 is 35.2. The quantitative estimate of drug-likeness (QED) is 0.642. The highest BCUT2D eigenvalue weighted by molar-refractivity contribution is 7.88. The van der Waals surface area contributed by atoms with Crippen LogP contribution in [-0.4, -0.2) is 93.0 Å². The zero-order valence-electron chi connectivity index (χ0n) is 13.7. The second-order valence-corrected chi connectivity index (χ2v) is 8.12. The molecule has 2 fully saturated rings. The van der Waals surface area contributed by atoms with Crippen LogP contribution in [0.5, 0.6) is 0 Å². The second kappa shape index (κ2) is 8.24. The molecule has 2 rings (SSSR count). The zero-order chi connectivity index (χ0) is 17.7. The Morgan fingerprint density at radius 3 is 2.67 bits per heavy atom. The summed E-state index contributed by atoms with van der Waals surface area (Å²) in [5.41, 5.74) is 0. The van der Waals surface area contributed by atoms with Crippen LogP contribution in [0.25, 0.3) is 0 Å². The Morgan fingerprint density at radius 2 is 2.08 bits per heavy atom. The van der Waals surface area contributed by atoms with E-state index in [1.807, 2.05) is 0 Å². The molecule has 0 aromatic rings. The predicted octanol–water partition coefficient (Wildman–Crippen LogP) is -1.01. The number of rotatable bonds is 6. The molecule has 0 saturated carbocycles. The minimum absolute atomic E-state index is 0.00728. The third kappa shape index (κ3) is 5.40. The van der Waals surface area contributed by atoms with E-state index in [0.29, 0.717) is 26.4 Å². The number of hydrogen-bond donors (Lipinski definition) is 1. The van der Waals surface area contributed by atoms with Gasteiger partial charge in [0.25, 0.3) is 0 Å². The maximum atomic E-state index is 12.5. The summed E-state index contributed by atoms with van der Waals surface area (Å²) in [6.45, 7) is 1.38. The van der Waals surface area contributed by atoms with Crippen molar-refractivity contribution in [2.45, 2.75) is 18.9 Å². The van der Waals surface area contributed by atoms with Gasteiger partial charge in [-0.3, -0.25) is 9.59 Å². The molecule has 2 aliphatic heterocycles. The normalized spacial score (nSPS) is 25.7. The van der Waals surface area contributed by atoms with Crippen molar-refractivity contribution in [2.24, 2.45) is 5.92 Å². The number of amides is 1. The Hall–Kier alpha value is -1.23. The predicted molar refractivity (Wildman–Crippen MR) is 83.9 cm³/mol. The van der Waals surface area contributed by atoms with Crippen molar-refractivity contribution in [1.82, 2.24) is 9.21 Å². The van der Waals surface area contributed by atoms with Crippen molar-refractivity contribution in [1.29, 1.82) is 0 Å². The van der Waals surface area contributed by atoms with E-state index < -0.39 is 28.6 Å². The maximum absolute atomic E-state index is 12.5. The fourth-order valence-electron chi connectivity index (χ4n) is 2.92. The SMILES string of the molecule is CS(=O)(=O)N(CC(=O)O)C[C@@H]1CN(C(=O)[C@H]2CCCOC2)CCO1. The van der Waals surface area contributed by atoms with Crippen LogP contribution < -0.4 is 0 Å². The molecule has 138 valence electrons. The average Bonchev–Trinajstić information content (AvgIpc) is 2.53. The number of aliphatic carboxylic acids is 1. The molecule has 0 aliphatic carbocycles. The molecule has 0 aromatic carbocycles. The van der Waals surface area contributed by atoms with Crippen molar-refractivity contribution < 1.29 is 32.6 Å². The molecule has 2 saturated heterocycles. The monoisotopic (exact) mass is 364 g/mol. The summed E-state index contributed by atoms with van der Waals surface area (Å²) in [5, 5.41) is 8.86. The van der Waals surface area contributed by atoms with Gasteiger partial charge in [0.05, 0.1) is 31.5 Å². The van der Waals surface area contributed by atoms with Gasteiger partial charge in [-0.2, -0.15) is 4.31 Å². The third-order valence-corrected chi connectivity index (χ3v) is 5.36. The minimum Gasteiger partial charge on any atom is -0.480 e. The molecule has 2 aliphatic rings. The molecule has 0 spiro atoms. The Balaban J connectivity index is 1.96. The van der Waals surface area contributed by atoms with Gasteiger partial charge in [0.2, 0.25) is 15.9 Å². The van der Waals surface area contributed by atoms with Gasteiger partial charge < -0.3 is 19.5 Å². The van der Waals surface area contributed by atoms with Crippen molar-refractivity contribution in [3.63, 3.8) is 0 Å². The molecule has 2 atom stereocenters. The number of carbonyl (C=O) groups excluding carboxylic acids is 1. The number of morpholine rings is 1. The summed E-state index contributed by atoms with van der Waals surface area (Å²) in [5.74, 6) is -1.40. The Bertz CT molecular complexity index is 559. The van der Waals surface area contributed by atoms with Crippen molar-refractivity contribution >= 4 is 21.9 Å². The molecular formula is C14H24N2O7S. The third-order valence-electron chi connectivity index (χ3n) is 4.15. The van der Waals surface area contributed by atoms with E-state index in [1.54, 1.807) is 4.90 Å². The number of carbonyl (C=O) groups is 2. The topological polar surface area (TPSA) is 113 Å². The fraction of sp³-hybridized carbons (Fsp3) is 0.857. The number of nitrogens with zero attached hydrogens (tertiary/aromatic N) is 2. The standard InChI is InChI=1S/C14H24N2O7S/c1-24(20,21)16(9-13(17)18)8-12-7-15(4-6-23-12)14(19)11-3-2-5-22-10-11/h11-12H,2-10H2,1H3,(H,17,18)/t11-,12-/m0/s1. The lowest BCUT2D eigenvalue weighted by Crippen LogP contribution is -2.53. The molecule has 0 radical (unpaired) electrons. The van der Waals surface area contributed by atoms with Crippen LogP contribution in [0.3, 0.4) is 0 Å². The van der Waals surface area contributed by atoms with Gasteiger partial charge in [-0.05, 0) is 12.8 Å². The molecule has 0 aromatic heterocycles. The largest absolute Gasteiger partial charge is 0.480 e. The van der Waals surface area contributed by atoms with E-state index in [-0.39, 0.29) is 24.9 Å². The van der Waals surface area contributed by atoms with Crippen LogP contribution in [0.15, 0.2) is 0 Å². The molecular weight excluding hydrogens is 340 g/mol. The second-order valence-electron chi connectivity index (χ2n) is 6.14. The highest BCUT2D eigenvalue weighted by Gasteiger charge is 2.33. The molecule has 0 bridgehead atoms. The van der Waals surface area contributed by atoms with Crippen molar-refractivity contribution in [3.05, 3.63) is 0 Å².